The second-order valence-corrected chi connectivity index (χ2v) is 3.88. The van der Waals surface area contributed by atoms with Gasteiger partial charge in [0.1, 0.15) is 5.82 Å². The molecule has 1 aromatic rings. The van der Waals surface area contributed by atoms with Crippen LogP contribution in [0, 0.1) is 10.7 Å². The second-order valence-electron chi connectivity index (χ2n) is 3.50. The molecule has 2 heterocycles. The van der Waals surface area contributed by atoms with Crippen LogP contribution in [0.3, 0.4) is 0 Å². The maximum Gasteiger partial charge on any atom is 0.309 e. The smallest absolute Gasteiger partial charge is 0.309 e. The van der Waals surface area contributed by atoms with E-state index < -0.39 is 0 Å². The fourth-order valence-electron chi connectivity index (χ4n) is 1.64. The summed E-state index contributed by atoms with van der Waals surface area (Å²) in [7, 11) is 0. The van der Waals surface area contributed by atoms with E-state index in [1.165, 1.54) is 0 Å². The van der Waals surface area contributed by atoms with E-state index in [2.05, 4.69) is 15.2 Å². The van der Waals surface area contributed by atoms with Crippen molar-refractivity contribution in [1.29, 1.82) is 0 Å². The Hall–Kier alpha value is -1.17. The number of ether oxygens (including phenoxy) is 1. The van der Waals surface area contributed by atoms with Gasteiger partial charge in [0.2, 0.25) is 4.77 Å². The molecular weight excluding hydrogens is 202 g/mol. The summed E-state index contributed by atoms with van der Waals surface area (Å²) in [5, 5.41) is 5.51. The van der Waals surface area contributed by atoms with E-state index in [-0.39, 0.29) is 18.0 Å². The van der Waals surface area contributed by atoms with E-state index >= 15 is 0 Å². The Bertz CT molecular complexity index is 397. The van der Waals surface area contributed by atoms with Crippen molar-refractivity contribution in [1.82, 2.24) is 15.2 Å². The van der Waals surface area contributed by atoms with Crippen molar-refractivity contribution < 1.29 is 9.53 Å². The average molecular weight is 213 g/mol. The number of hydrogen-bond donors (Lipinski definition) is 2. The van der Waals surface area contributed by atoms with Crippen LogP contribution in [0.1, 0.15) is 19.2 Å². The number of cyclic esters (lactones) is 1. The Morgan fingerprint density at radius 3 is 2.93 bits per heavy atom. The minimum atomic E-state index is -0.139. The van der Waals surface area contributed by atoms with Crippen molar-refractivity contribution >= 4 is 18.2 Å². The SMILES string of the molecule is CC1CC(Cc2nc(=S)[nH][nH]2)C(=O)O1. The minimum Gasteiger partial charge on any atom is -0.462 e. The molecule has 14 heavy (non-hydrogen) atoms. The van der Waals surface area contributed by atoms with Gasteiger partial charge in [0.25, 0.3) is 0 Å². The molecule has 2 rings (SSSR count). The third-order valence-corrected chi connectivity index (χ3v) is 2.45. The van der Waals surface area contributed by atoms with Gasteiger partial charge in [-0.25, -0.2) is 4.98 Å². The summed E-state index contributed by atoms with van der Waals surface area (Å²) in [5.41, 5.74) is 0. The van der Waals surface area contributed by atoms with Crippen molar-refractivity contribution in [3.63, 3.8) is 0 Å². The number of rotatable bonds is 2. The molecule has 2 N–H and O–H groups in total. The first kappa shape index (κ1) is 9.39. The van der Waals surface area contributed by atoms with Crippen molar-refractivity contribution in [2.45, 2.75) is 25.9 Å². The van der Waals surface area contributed by atoms with Crippen LogP contribution in [0.5, 0.6) is 0 Å². The highest BCUT2D eigenvalue weighted by atomic mass is 32.1. The number of aromatic nitrogens is 3. The second kappa shape index (κ2) is 3.53. The van der Waals surface area contributed by atoms with Crippen LogP contribution in [0.15, 0.2) is 0 Å². The largest absolute Gasteiger partial charge is 0.462 e. The molecule has 6 heteroatoms. The van der Waals surface area contributed by atoms with Crippen LogP contribution in [0.25, 0.3) is 0 Å². The monoisotopic (exact) mass is 213 g/mol. The summed E-state index contributed by atoms with van der Waals surface area (Å²) in [4.78, 5) is 15.3. The van der Waals surface area contributed by atoms with Gasteiger partial charge in [-0.05, 0) is 25.6 Å². The first-order valence-electron chi connectivity index (χ1n) is 4.49. The molecule has 1 aliphatic heterocycles. The Balaban J connectivity index is 2.05. The molecule has 0 radical (unpaired) electrons. The molecule has 1 aliphatic rings. The number of aromatic amines is 2. The lowest BCUT2D eigenvalue weighted by Crippen LogP contribution is -2.11. The highest BCUT2D eigenvalue weighted by Gasteiger charge is 2.32. The first-order chi connectivity index (χ1) is 6.65. The van der Waals surface area contributed by atoms with Gasteiger partial charge in [-0.15, -0.1) is 0 Å². The molecule has 2 atom stereocenters. The number of carbonyl (C=O) groups is 1. The predicted molar refractivity (Wildman–Crippen MR) is 51.1 cm³/mol. The average Bonchev–Trinajstić information content (AvgIpc) is 2.61. The highest BCUT2D eigenvalue weighted by Crippen LogP contribution is 2.23. The summed E-state index contributed by atoms with van der Waals surface area (Å²) in [6.07, 6.45) is 1.34. The zero-order valence-electron chi connectivity index (χ0n) is 7.74. The normalized spacial score (nSPS) is 26.5. The molecular formula is C8H11N3O2S. The quantitative estimate of drug-likeness (QED) is 0.567. The lowest BCUT2D eigenvalue weighted by atomic mass is 10.0. The fraction of sp³-hybridized carbons (Fsp3) is 0.625. The number of H-pyrrole nitrogens is 2. The van der Waals surface area contributed by atoms with E-state index in [1.807, 2.05) is 6.92 Å². The maximum atomic E-state index is 11.3. The number of nitrogens with one attached hydrogen (secondary N) is 2. The van der Waals surface area contributed by atoms with Crippen LogP contribution in [-0.2, 0) is 16.0 Å². The highest BCUT2D eigenvalue weighted by molar-refractivity contribution is 7.71. The van der Waals surface area contributed by atoms with Crippen molar-refractivity contribution in [2.75, 3.05) is 0 Å². The molecule has 1 fully saturated rings. The number of hydrogen-bond acceptors (Lipinski definition) is 4. The van der Waals surface area contributed by atoms with Crippen LogP contribution < -0.4 is 0 Å². The lowest BCUT2D eigenvalue weighted by molar-refractivity contribution is -0.143. The number of nitrogens with zero attached hydrogens (tertiary/aromatic N) is 1. The molecule has 0 aliphatic carbocycles. The van der Waals surface area contributed by atoms with E-state index in [9.17, 15) is 4.79 Å². The Kier molecular flexibility index (Phi) is 2.37. The molecule has 0 bridgehead atoms. The topological polar surface area (TPSA) is 70.8 Å². The van der Waals surface area contributed by atoms with Crippen molar-refractivity contribution in [3.05, 3.63) is 10.6 Å². The van der Waals surface area contributed by atoms with Gasteiger partial charge in [0.15, 0.2) is 0 Å². The molecule has 1 saturated heterocycles. The van der Waals surface area contributed by atoms with Gasteiger partial charge < -0.3 is 4.74 Å². The van der Waals surface area contributed by atoms with Gasteiger partial charge in [-0.1, -0.05) is 0 Å². The molecule has 1 aromatic heterocycles. The minimum absolute atomic E-state index is 0.0226. The van der Waals surface area contributed by atoms with Gasteiger partial charge in [-0.3, -0.25) is 15.0 Å². The number of esters is 1. The summed E-state index contributed by atoms with van der Waals surface area (Å²) in [5.74, 6) is 0.491. The summed E-state index contributed by atoms with van der Waals surface area (Å²) >= 11 is 4.81. The molecule has 5 nitrogen and oxygen atoms in total. The molecule has 0 aromatic carbocycles. The fourth-order valence-corrected chi connectivity index (χ4v) is 1.80. The van der Waals surface area contributed by atoms with Gasteiger partial charge in [-0.2, -0.15) is 0 Å². The molecule has 0 saturated carbocycles. The zero-order chi connectivity index (χ0) is 10.1. The first-order valence-corrected chi connectivity index (χ1v) is 4.90. The van der Waals surface area contributed by atoms with Crippen molar-refractivity contribution in [3.8, 4) is 0 Å². The van der Waals surface area contributed by atoms with Crippen LogP contribution in [0.2, 0.25) is 0 Å². The van der Waals surface area contributed by atoms with E-state index in [1.54, 1.807) is 0 Å². The third-order valence-electron chi connectivity index (χ3n) is 2.26. The standard InChI is InChI=1S/C8H11N3O2S/c1-4-2-5(7(12)13-4)3-6-9-8(14)11-10-6/h4-5H,2-3H2,1H3,(H2,9,10,11,14). The Morgan fingerprint density at radius 2 is 2.43 bits per heavy atom. The van der Waals surface area contributed by atoms with Crippen LogP contribution in [0.4, 0.5) is 0 Å². The van der Waals surface area contributed by atoms with Gasteiger partial charge in [0.05, 0.1) is 12.0 Å². The zero-order valence-corrected chi connectivity index (χ0v) is 8.56. The molecule has 2 unspecified atom stereocenters. The molecule has 0 amide bonds. The Morgan fingerprint density at radius 1 is 1.64 bits per heavy atom. The summed E-state index contributed by atoms with van der Waals surface area (Å²) < 4.78 is 5.45. The molecule has 76 valence electrons. The van der Waals surface area contributed by atoms with Gasteiger partial charge >= 0.3 is 5.97 Å². The van der Waals surface area contributed by atoms with Gasteiger partial charge in [0, 0.05) is 6.42 Å². The van der Waals surface area contributed by atoms with E-state index in [4.69, 9.17) is 17.0 Å². The van der Waals surface area contributed by atoms with Crippen molar-refractivity contribution in [2.24, 2.45) is 5.92 Å². The maximum absolute atomic E-state index is 11.3. The van der Waals surface area contributed by atoms with Crippen LogP contribution in [-0.4, -0.2) is 27.3 Å². The van der Waals surface area contributed by atoms with E-state index in [0.29, 0.717) is 17.0 Å². The lowest BCUT2D eigenvalue weighted by Gasteiger charge is -2.00. The van der Waals surface area contributed by atoms with Crippen LogP contribution >= 0.6 is 12.2 Å². The van der Waals surface area contributed by atoms with E-state index in [0.717, 1.165) is 6.42 Å². The number of carbonyl (C=O) groups excluding carboxylic acids is 1. The summed E-state index contributed by atoms with van der Waals surface area (Å²) in [6, 6.07) is 0. The summed E-state index contributed by atoms with van der Waals surface area (Å²) in [6.45, 7) is 1.89. The predicted octanol–water partition coefficient (Wildman–Crippen LogP) is 0.961. The Labute approximate surface area is 85.9 Å². The third kappa shape index (κ3) is 1.84. The molecule has 0 spiro atoms.